The molecule has 5 nitrogen and oxygen atoms in total. The number of benzene rings is 2. The minimum Gasteiger partial charge on any atom is -0.399 e. The molecule has 122 valence electrons. The van der Waals surface area contributed by atoms with Crippen molar-refractivity contribution in [2.45, 2.75) is 4.90 Å². The lowest BCUT2D eigenvalue weighted by molar-refractivity contribution is 0.385. The fourth-order valence-electron chi connectivity index (χ4n) is 2.69. The van der Waals surface area contributed by atoms with Gasteiger partial charge in [-0.2, -0.15) is 4.31 Å². The average molecular weight is 352 g/mol. The standard InChI is InChI=1S/C16H18ClN3O2S/c17-15-12-13(18)6-7-16(15)19-8-10-20(11-9-19)23(21,22)14-4-2-1-3-5-14/h1-7,12H,8-11,18H2. The van der Waals surface area contributed by atoms with Crippen molar-refractivity contribution in [3.63, 3.8) is 0 Å². The van der Waals surface area contributed by atoms with Crippen LogP contribution in [0.2, 0.25) is 5.02 Å². The van der Waals surface area contributed by atoms with Crippen LogP contribution in [0.3, 0.4) is 0 Å². The van der Waals surface area contributed by atoms with Crippen LogP contribution in [0.15, 0.2) is 53.4 Å². The summed E-state index contributed by atoms with van der Waals surface area (Å²) in [7, 11) is -3.43. The number of nitrogens with two attached hydrogens (primary N) is 1. The molecule has 7 heteroatoms. The van der Waals surface area contributed by atoms with E-state index in [1.165, 1.54) is 4.31 Å². The van der Waals surface area contributed by atoms with Crippen LogP contribution in [0.1, 0.15) is 0 Å². The van der Waals surface area contributed by atoms with Crippen LogP contribution in [-0.4, -0.2) is 38.9 Å². The monoisotopic (exact) mass is 351 g/mol. The van der Waals surface area contributed by atoms with Crippen LogP contribution < -0.4 is 10.6 Å². The second-order valence-electron chi connectivity index (χ2n) is 5.42. The number of hydrogen-bond acceptors (Lipinski definition) is 4. The molecule has 1 aliphatic rings. The Bertz CT molecular complexity index is 788. The highest BCUT2D eigenvalue weighted by Gasteiger charge is 2.28. The first-order chi connectivity index (χ1) is 11.0. The summed E-state index contributed by atoms with van der Waals surface area (Å²) in [6.45, 7) is 2.04. The van der Waals surface area contributed by atoms with E-state index in [9.17, 15) is 8.42 Å². The van der Waals surface area contributed by atoms with Crippen molar-refractivity contribution in [1.29, 1.82) is 0 Å². The smallest absolute Gasteiger partial charge is 0.243 e. The van der Waals surface area contributed by atoms with E-state index in [0.29, 0.717) is 41.8 Å². The second kappa shape index (κ2) is 6.39. The van der Waals surface area contributed by atoms with E-state index in [4.69, 9.17) is 17.3 Å². The zero-order valence-electron chi connectivity index (χ0n) is 12.5. The Morgan fingerprint density at radius 1 is 0.957 bits per heavy atom. The maximum absolute atomic E-state index is 12.6. The highest BCUT2D eigenvalue weighted by atomic mass is 35.5. The molecule has 2 aromatic carbocycles. The summed E-state index contributed by atoms with van der Waals surface area (Å²) in [5.41, 5.74) is 7.21. The van der Waals surface area contributed by atoms with Gasteiger partial charge >= 0.3 is 0 Å². The van der Waals surface area contributed by atoms with Crippen LogP contribution >= 0.6 is 11.6 Å². The van der Waals surface area contributed by atoms with Gasteiger partial charge in [0.05, 0.1) is 15.6 Å². The molecule has 2 N–H and O–H groups in total. The predicted molar refractivity (Wildman–Crippen MR) is 93.3 cm³/mol. The minimum absolute atomic E-state index is 0.332. The molecule has 0 aromatic heterocycles. The SMILES string of the molecule is Nc1ccc(N2CCN(S(=O)(=O)c3ccccc3)CC2)c(Cl)c1. The molecule has 1 heterocycles. The van der Waals surface area contributed by atoms with E-state index in [1.807, 2.05) is 6.07 Å². The molecule has 0 radical (unpaired) electrons. The zero-order chi connectivity index (χ0) is 16.4. The quantitative estimate of drug-likeness (QED) is 0.862. The first kappa shape index (κ1) is 16.1. The molecule has 0 saturated carbocycles. The van der Waals surface area contributed by atoms with E-state index in [0.717, 1.165) is 5.69 Å². The van der Waals surface area contributed by atoms with Gasteiger partial charge in [0.2, 0.25) is 10.0 Å². The van der Waals surface area contributed by atoms with Crippen molar-refractivity contribution >= 4 is 33.0 Å². The van der Waals surface area contributed by atoms with Crippen molar-refractivity contribution in [3.05, 3.63) is 53.6 Å². The summed E-state index contributed by atoms with van der Waals surface area (Å²) in [6.07, 6.45) is 0. The zero-order valence-corrected chi connectivity index (χ0v) is 14.1. The Morgan fingerprint density at radius 2 is 1.61 bits per heavy atom. The minimum atomic E-state index is -3.43. The lowest BCUT2D eigenvalue weighted by Crippen LogP contribution is -2.48. The first-order valence-electron chi connectivity index (χ1n) is 7.33. The van der Waals surface area contributed by atoms with E-state index >= 15 is 0 Å². The summed E-state index contributed by atoms with van der Waals surface area (Å²) < 4.78 is 26.7. The molecule has 2 aromatic rings. The first-order valence-corrected chi connectivity index (χ1v) is 9.15. The fourth-order valence-corrected chi connectivity index (χ4v) is 4.44. The molecule has 0 spiro atoms. The van der Waals surface area contributed by atoms with Gasteiger partial charge in [-0.05, 0) is 30.3 Å². The molecule has 0 bridgehead atoms. The molecule has 0 aliphatic carbocycles. The van der Waals surface area contributed by atoms with Gasteiger partial charge in [0, 0.05) is 31.9 Å². The molecule has 0 atom stereocenters. The fraction of sp³-hybridized carbons (Fsp3) is 0.250. The summed E-state index contributed by atoms with van der Waals surface area (Å²) in [4.78, 5) is 2.41. The van der Waals surface area contributed by atoms with Gasteiger partial charge in [-0.1, -0.05) is 29.8 Å². The van der Waals surface area contributed by atoms with Crippen molar-refractivity contribution in [2.24, 2.45) is 0 Å². The van der Waals surface area contributed by atoms with Gasteiger partial charge < -0.3 is 10.6 Å². The molecular weight excluding hydrogens is 334 g/mol. The number of hydrogen-bond donors (Lipinski definition) is 1. The van der Waals surface area contributed by atoms with Gasteiger partial charge in [-0.15, -0.1) is 0 Å². The summed E-state index contributed by atoms with van der Waals surface area (Å²) in [5.74, 6) is 0. The van der Waals surface area contributed by atoms with Crippen LogP contribution in [-0.2, 0) is 10.0 Å². The van der Waals surface area contributed by atoms with Crippen molar-refractivity contribution in [1.82, 2.24) is 4.31 Å². The Kier molecular flexibility index (Phi) is 4.48. The Labute approximate surface area is 141 Å². The van der Waals surface area contributed by atoms with Gasteiger partial charge in [0.15, 0.2) is 0 Å². The lowest BCUT2D eigenvalue weighted by Gasteiger charge is -2.35. The molecule has 1 fully saturated rings. The molecule has 1 saturated heterocycles. The van der Waals surface area contributed by atoms with Crippen LogP contribution in [0.25, 0.3) is 0 Å². The van der Waals surface area contributed by atoms with Crippen LogP contribution in [0.5, 0.6) is 0 Å². The third-order valence-electron chi connectivity index (χ3n) is 3.93. The topological polar surface area (TPSA) is 66.6 Å². The second-order valence-corrected chi connectivity index (χ2v) is 7.76. The summed E-state index contributed by atoms with van der Waals surface area (Å²) in [6, 6.07) is 13.9. The van der Waals surface area contributed by atoms with Gasteiger partial charge in [-0.3, -0.25) is 0 Å². The number of halogens is 1. The average Bonchev–Trinajstić information content (AvgIpc) is 2.56. The number of sulfonamides is 1. The number of rotatable bonds is 3. The van der Waals surface area contributed by atoms with Crippen LogP contribution in [0, 0.1) is 0 Å². The summed E-state index contributed by atoms with van der Waals surface area (Å²) in [5, 5.41) is 0.587. The third-order valence-corrected chi connectivity index (χ3v) is 6.15. The Hall–Kier alpha value is -1.76. The Morgan fingerprint density at radius 3 is 2.22 bits per heavy atom. The van der Waals surface area contributed by atoms with Gasteiger partial charge in [0.1, 0.15) is 0 Å². The van der Waals surface area contributed by atoms with E-state index in [-0.39, 0.29) is 0 Å². The third kappa shape index (κ3) is 3.29. The Balaban J connectivity index is 1.74. The largest absolute Gasteiger partial charge is 0.399 e. The maximum atomic E-state index is 12.6. The number of nitrogens with zero attached hydrogens (tertiary/aromatic N) is 2. The van der Waals surface area contributed by atoms with Crippen molar-refractivity contribution < 1.29 is 8.42 Å². The molecule has 0 unspecified atom stereocenters. The molecule has 1 aliphatic heterocycles. The van der Waals surface area contributed by atoms with E-state index < -0.39 is 10.0 Å². The predicted octanol–water partition coefficient (Wildman–Crippen LogP) is 2.43. The highest BCUT2D eigenvalue weighted by Crippen LogP contribution is 2.29. The van der Waals surface area contributed by atoms with Crippen LogP contribution in [0.4, 0.5) is 11.4 Å². The number of piperazine rings is 1. The molecule has 0 amide bonds. The molecule has 23 heavy (non-hydrogen) atoms. The molecular formula is C16H18ClN3O2S. The number of anilines is 2. The van der Waals surface area contributed by atoms with E-state index in [1.54, 1.807) is 42.5 Å². The van der Waals surface area contributed by atoms with Crippen molar-refractivity contribution in [2.75, 3.05) is 36.8 Å². The van der Waals surface area contributed by atoms with Gasteiger partial charge in [-0.25, -0.2) is 8.42 Å². The normalized spacial score (nSPS) is 16.5. The van der Waals surface area contributed by atoms with Gasteiger partial charge in [0.25, 0.3) is 0 Å². The lowest BCUT2D eigenvalue weighted by atomic mass is 10.2. The van der Waals surface area contributed by atoms with Crippen molar-refractivity contribution in [3.8, 4) is 0 Å². The summed E-state index contributed by atoms with van der Waals surface area (Å²) >= 11 is 6.23. The van der Waals surface area contributed by atoms with E-state index in [2.05, 4.69) is 4.90 Å². The number of nitrogen functional groups attached to an aromatic ring is 1. The highest BCUT2D eigenvalue weighted by molar-refractivity contribution is 7.89. The molecule has 3 rings (SSSR count). The maximum Gasteiger partial charge on any atom is 0.243 e.